The fourth-order valence-corrected chi connectivity index (χ4v) is 3.97. The normalized spacial score (nSPS) is 22.9. The first-order valence-corrected chi connectivity index (χ1v) is 8.62. The molecule has 2 unspecified atom stereocenters. The molecule has 2 rings (SSSR count). The Bertz CT molecular complexity index is 559. The SMILES string of the molecule is CCN(c1ccccc1S(N)(=O)=O)C1CCCC1CN. The van der Waals surface area contributed by atoms with Crippen molar-refractivity contribution in [1.82, 2.24) is 0 Å². The van der Waals surface area contributed by atoms with E-state index in [4.69, 9.17) is 10.9 Å². The monoisotopic (exact) mass is 297 g/mol. The fourth-order valence-electron chi connectivity index (χ4n) is 3.22. The number of hydrogen-bond donors (Lipinski definition) is 2. The van der Waals surface area contributed by atoms with Crippen LogP contribution in [0.25, 0.3) is 0 Å². The van der Waals surface area contributed by atoms with E-state index in [9.17, 15) is 8.42 Å². The zero-order valence-electron chi connectivity index (χ0n) is 11.8. The first-order valence-electron chi connectivity index (χ1n) is 7.07. The average molecular weight is 297 g/mol. The molecule has 1 aromatic rings. The number of sulfonamides is 1. The number of primary sulfonamides is 1. The molecule has 0 bridgehead atoms. The Hall–Kier alpha value is -1.11. The van der Waals surface area contributed by atoms with Crippen LogP contribution in [0, 0.1) is 5.92 Å². The first kappa shape index (κ1) is 15.3. The van der Waals surface area contributed by atoms with Crippen LogP contribution in [-0.2, 0) is 10.0 Å². The Kier molecular flexibility index (Phi) is 4.67. The molecule has 0 radical (unpaired) electrons. The van der Waals surface area contributed by atoms with E-state index < -0.39 is 10.0 Å². The minimum atomic E-state index is -3.72. The molecule has 0 aromatic heterocycles. The lowest BCUT2D eigenvalue weighted by Crippen LogP contribution is -2.41. The Morgan fingerprint density at radius 2 is 2.00 bits per heavy atom. The predicted molar refractivity (Wildman–Crippen MR) is 81.0 cm³/mol. The van der Waals surface area contributed by atoms with Gasteiger partial charge in [-0.15, -0.1) is 0 Å². The van der Waals surface area contributed by atoms with Gasteiger partial charge in [-0.1, -0.05) is 18.6 Å². The molecule has 2 atom stereocenters. The highest BCUT2D eigenvalue weighted by Crippen LogP contribution is 2.34. The van der Waals surface area contributed by atoms with Gasteiger partial charge in [0.2, 0.25) is 10.0 Å². The predicted octanol–water partition coefficient (Wildman–Crippen LogP) is 1.29. The van der Waals surface area contributed by atoms with Crippen molar-refractivity contribution in [1.29, 1.82) is 0 Å². The summed E-state index contributed by atoms with van der Waals surface area (Å²) in [4.78, 5) is 2.34. The number of para-hydroxylation sites is 1. The van der Waals surface area contributed by atoms with Crippen molar-refractivity contribution in [2.75, 3.05) is 18.0 Å². The zero-order chi connectivity index (χ0) is 14.8. The van der Waals surface area contributed by atoms with E-state index in [0.717, 1.165) is 25.8 Å². The van der Waals surface area contributed by atoms with Crippen LogP contribution in [0.2, 0.25) is 0 Å². The summed E-state index contributed by atoms with van der Waals surface area (Å²) >= 11 is 0. The lowest BCUT2D eigenvalue weighted by atomic mass is 10.0. The number of benzene rings is 1. The van der Waals surface area contributed by atoms with Crippen LogP contribution in [0.4, 0.5) is 5.69 Å². The molecule has 4 N–H and O–H groups in total. The minimum Gasteiger partial charge on any atom is -0.367 e. The Labute approximate surface area is 121 Å². The van der Waals surface area contributed by atoms with Gasteiger partial charge < -0.3 is 10.6 Å². The average Bonchev–Trinajstić information content (AvgIpc) is 2.87. The third kappa shape index (κ3) is 2.97. The maximum Gasteiger partial charge on any atom is 0.240 e. The lowest BCUT2D eigenvalue weighted by Gasteiger charge is -2.34. The molecule has 1 aliphatic carbocycles. The third-order valence-corrected chi connectivity index (χ3v) is 5.10. The highest BCUT2D eigenvalue weighted by molar-refractivity contribution is 7.89. The highest BCUT2D eigenvalue weighted by Gasteiger charge is 2.32. The first-order chi connectivity index (χ1) is 9.49. The van der Waals surface area contributed by atoms with Crippen LogP contribution < -0.4 is 15.8 Å². The van der Waals surface area contributed by atoms with Gasteiger partial charge >= 0.3 is 0 Å². The lowest BCUT2D eigenvalue weighted by molar-refractivity contribution is 0.460. The van der Waals surface area contributed by atoms with Crippen LogP contribution in [0.1, 0.15) is 26.2 Å². The standard InChI is InChI=1S/C14H23N3O2S/c1-2-17(12-8-5-6-11(12)10-15)13-7-3-4-9-14(13)20(16,18)19/h3-4,7,9,11-12H,2,5-6,8,10,15H2,1H3,(H2,16,18,19). The molecule has 112 valence electrons. The van der Waals surface area contributed by atoms with Crippen molar-refractivity contribution in [3.63, 3.8) is 0 Å². The van der Waals surface area contributed by atoms with Gasteiger partial charge in [0.25, 0.3) is 0 Å². The number of anilines is 1. The summed E-state index contributed by atoms with van der Waals surface area (Å²) in [6, 6.07) is 7.24. The molecule has 0 saturated heterocycles. The number of nitrogens with zero attached hydrogens (tertiary/aromatic N) is 1. The summed E-state index contributed by atoms with van der Waals surface area (Å²) in [6.07, 6.45) is 3.30. The fraction of sp³-hybridized carbons (Fsp3) is 0.571. The molecule has 0 aliphatic heterocycles. The topological polar surface area (TPSA) is 89.4 Å². The number of nitrogens with two attached hydrogens (primary N) is 2. The summed E-state index contributed by atoms with van der Waals surface area (Å²) < 4.78 is 23.5. The maximum absolute atomic E-state index is 11.8. The van der Waals surface area contributed by atoms with E-state index >= 15 is 0 Å². The van der Waals surface area contributed by atoms with E-state index in [2.05, 4.69) is 4.90 Å². The summed E-state index contributed by atoms with van der Waals surface area (Å²) in [6.45, 7) is 3.41. The third-order valence-electron chi connectivity index (χ3n) is 4.14. The highest BCUT2D eigenvalue weighted by atomic mass is 32.2. The van der Waals surface area contributed by atoms with Gasteiger partial charge in [0.1, 0.15) is 4.90 Å². The Morgan fingerprint density at radius 3 is 2.60 bits per heavy atom. The number of rotatable bonds is 5. The Balaban J connectivity index is 2.42. The van der Waals surface area contributed by atoms with E-state index in [0.29, 0.717) is 24.2 Å². The summed E-state index contributed by atoms with van der Waals surface area (Å²) in [5.41, 5.74) is 6.55. The van der Waals surface area contributed by atoms with Gasteiger partial charge in [0.05, 0.1) is 5.69 Å². The molecule has 1 aliphatic rings. The molecule has 0 amide bonds. The maximum atomic E-state index is 11.8. The van der Waals surface area contributed by atoms with Crippen molar-refractivity contribution >= 4 is 15.7 Å². The molecule has 1 fully saturated rings. The van der Waals surface area contributed by atoms with Gasteiger partial charge in [-0.25, -0.2) is 13.6 Å². The van der Waals surface area contributed by atoms with Crippen LogP contribution in [0.15, 0.2) is 29.2 Å². The molecular weight excluding hydrogens is 274 g/mol. The Morgan fingerprint density at radius 1 is 1.30 bits per heavy atom. The second-order valence-corrected chi connectivity index (χ2v) is 6.82. The number of hydrogen-bond acceptors (Lipinski definition) is 4. The van der Waals surface area contributed by atoms with E-state index in [1.54, 1.807) is 12.1 Å². The van der Waals surface area contributed by atoms with Gasteiger partial charge in [-0.2, -0.15) is 0 Å². The molecule has 0 heterocycles. The van der Waals surface area contributed by atoms with Crippen molar-refractivity contribution in [3.8, 4) is 0 Å². The molecule has 1 aromatic carbocycles. The molecule has 20 heavy (non-hydrogen) atoms. The van der Waals surface area contributed by atoms with Crippen LogP contribution in [0.5, 0.6) is 0 Å². The van der Waals surface area contributed by atoms with Crippen LogP contribution in [0.3, 0.4) is 0 Å². The summed E-state index contributed by atoms with van der Waals surface area (Å²) in [5.74, 6) is 0.420. The van der Waals surface area contributed by atoms with Gasteiger partial charge in [-0.05, 0) is 44.4 Å². The van der Waals surface area contributed by atoms with Crippen molar-refractivity contribution < 1.29 is 8.42 Å². The van der Waals surface area contributed by atoms with Crippen molar-refractivity contribution in [3.05, 3.63) is 24.3 Å². The molecule has 5 nitrogen and oxygen atoms in total. The minimum absolute atomic E-state index is 0.199. The van der Waals surface area contributed by atoms with Gasteiger partial charge in [0, 0.05) is 12.6 Å². The van der Waals surface area contributed by atoms with Crippen LogP contribution >= 0.6 is 0 Å². The molecule has 1 saturated carbocycles. The molecular formula is C14H23N3O2S. The second-order valence-electron chi connectivity index (χ2n) is 5.29. The van der Waals surface area contributed by atoms with E-state index in [-0.39, 0.29) is 4.90 Å². The van der Waals surface area contributed by atoms with Crippen molar-refractivity contribution in [2.24, 2.45) is 16.8 Å². The molecule has 0 spiro atoms. The quantitative estimate of drug-likeness (QED) is 0.857. The zero-order valence-corrected chi connectivity index (χ0v) is 12.6. The second kappa shape index (κ2) is 6.11. The van der Waals surface area contributed by atoms with Crippen molar-refractivity contribution in [2.45, 2.75) is 37.1 Å². The molecule has 6 heteroatoms. The van der Waals surface area contributed by atoms with Gasteiger partial charge in [0.15, 0.2) is 0 Å². The van der Waals surface area contributed by atoms with E-state index in [1.165, 1.54) is 0 Å². The largest absolute Gasteiger partial charge is 0.367 e. The summed E-state index contributed by atoms with van der Waals surface area (Å²) in [5, 5.41) is 5.34. The van der Waals surface area contributed by atoms with Crippen LogP contribution in [-0.4, -0.2) is 27.5 Å². The smallest absolute Gasteiger partial charge is 0.240 e. The summed E-state index contributed by atoms with van der Waals surface area (Å²) in [7, 11) is -3.72. The van der Waals surface area contributed by atoms with Gasteiger partial charge in [-0.3, -0.25) is 0 Å². The van der Waals surface area contributed by atoms with E-state index in [1.807, 2.05) is 19.1 Å².